The van der Waals surface area contributed by atoms with Gasteiger partial charge in [0.2, 0.25) is 5.76 Å². The first kappa shape index (κ1) is 23.7. The summed E-state index contributed by atoms with van der Waals surface area (Å²) in [6, 6.07) is 15.5. The summed E-state index contributed by atoms with van der Waals surface area (Å²) in [6.45, 7) is 0.364. The van der Waals surface area contributed by atoms with Crippen LogP contribution >= 0.6 is 23.2 Å². The Bertz CT molecular complexity index is 1550. The molecule has 0 atom stereocenters. The number of carbonyl (C=O) groups is 3. The number of benzene rings is 2. The number of ether oxygens (including phenoxy) is 1. The molecule has 182 valence electrons. The fraction of sp³-hybridized carbons (Fsp3) is 0.115. The SMILES string of the molecule is COC(=O)c1ccc(CN2C(=O)N/C(=C\c3cn(Cc4ccc(Cl)cc4Cl)c4ccccc34)C2=O)o1. The summed E-state index contributed by atoms with van der Waals surface area (Å²) < 4.78 is 12.0. The number of esters is 1. The Kier molecular flexibility index (Phi) is 6.30. The van der Waals surface area contributed by atoms with Crippen LogP contribution in [0.1, 0.15) is 27.4 Å². The van der Waals surface area contributed by atoms with E-state index in [9.17, 15) is 14.4 Å². The third-order valence-corrected chi connectivity index (χ3v) is 6.39. The number of furan rings is 1. The second kappa shape index (κ2) is 9.56. The molecule has 36 heavy (non-hydrogen) atoms. The Morgan fingerprint density at radius 3 is 2.67 bits per heavy atom. The number of amides is 3. The molecule has 1 aliphatic heterocycles. The van der Waals surface area contributed by atoms with Crippen molar-refractivity contribution in [1.82, 2.24) is 14.8 Å². The van der Waals surface area contributed by atoms with Gasteiger partial charge in [0.25, 0.3) is 5.91 Å². The molecule has 5 rings (SSSR count). The molecule has 4 aromatic rings. The number of methoxy groups -OCH3 is 1. The summed E-state index contributed by atoms with van der Waals surface area (Å²) in [6.07, 6.45) is 3.55. The third kappa shape index (κ3) is 4.48. The predicted molar refractivity (Wildman–Crippen MR) is 135 cm³/mol. The molecule has 2 aromatic carbocycles. The minimum atomic E-state index is -0.643. The molecule has 3 amide bonds. The molecule has 1 fully saturated rings. The highest BCUT2D eigenvalue weighted by atomic mass is 35.5. The zero-order valence-electron chi connectivity index (χ0n) is 19.0. The first-order valence-corrected chi connectivity index (χ1v) is 11.6. The predicted octanol–water partition coefficient (Wildman–Crippen LogP) is 5.47. The minimum absolute atomic E-state index is 0.0103. The Morgan fingerprint density at radius 2 is 1.89 bits per heavy atom. The molecular formula is C26H19Cl2N3O5. The van der Waals surface area contributed by atoms with E-state index in [0.717, 1.165) is 26.9 Å². The highest BCUT2D eigenvalue weighted by Gasteiger charge is 2.34. The summed E-state index contributed by atoms with van der Waals surface area (Å²) in [5.41, 5.74) is 2.72. The van der Waals surface area contributed by atoms with Crippen LogP contribution in [-0.4, -0.2) is 34.5 Å². The van der Waals surface area contributed by atoms with Crippen molar-refractivity contribution in [3.63, 3.8) is 0 Å². The number of hydrogen-bond acceptors (Lipinski definition) is 5. The molecular weight excluding hydrogens is 505 g/mol. The normalized spacial score (nSPS) is 14.6. The molecule has 1 N–H and O–H groups in total. The maximum atomic E-state index is 13.0. The van der Waals surface area contributed by atoms with Crippen molar-refractivity contribution in [1.29, 1.82) is 0 Å². The van der Waals surface area contributed by atoms with Crippen LogP contribution in [0.25, 0.3) is 17.0 Å². The van der Waals surface area contributed by atoms with Crippen molar-refractivity contribution in [3.05, 3.63) is 99.2 Å². The summed E-state index contributed by atoms with van der Waals surface area (Å²) in [4.78, 5) is 38.2. The van der Waals surface area contributed by atoms with Gasteiger partial charge in [-0.15, -0.1) is 0 Å². The summed E-state index contributed by atoms with van der Waals surface area (Å²) in [7, 11) is 1.24. The maximum Gasteiger partial charge on any atom is 0.373 e. The lowest BCUT2D eigenvalue weighted by Gasteiger charge is -2.09. The fourth-order valence-electron chi connectivity index (χ4n) is 4.05. The highest BCUT2D eigenvalue weighted by Crippen LogP contribution is 2.28. The van der Waals surface area contributed by atoms with Gasteiger partial charge in [0.05, 0.1) is 13.7 Å². The van der Waals surface area contributed by atoms with Crippen LogP contribution in [0.2, 0.25) is 10.0 Å². The van der Waals surface area contributed by atoms with E-state index in [1.807, 2.05) is 41.1 Å². The van der Waals surface area contributed by atoms with Crippen molar-refractivity contribution in [3.8, 4) is 0 Å². The Morgan fingerprint density at radius 1 is 1.08 bits per heavy atom. The Labute approximate surface area is 215 Å². The second-order valence-electron chi connectivity index (χ2n) is 8.10. The molecule has 0 radical (unpaired) electrons. The van der Waals surface area contributed by atoms with Crippen molar-refractivity contribution in [2.45, 2.75) is 13.1 Å². The van der Waals surface area contributed by atoms with Crippen molar-refractivity contribution in [2.75, 3.05) is 7.11 Å². The van der Waals surface area contributed by atoms with Gasteiger partial charge in [-0.1, -0.05) is 47.5 Å². The van der Waals surface area contributed by atoms with Crippen LogP contribution in [0, 0.1) is 0 Å². The number of nitrogens with one attached hydrogen (secondary N) is 1. The van der Waals surface area contributed by atoms with Crippen LogP contribution in [0.15, 0.2) is 70.9 Å². The largest absolute Gasteiger partial charge is 0.463 e. The van der Waals surface area contributed by atoms with Crippen LogP contribution in [-0.2, 0) is 22.6 Å². The van der Waals surface area contributed by atoms with Gasteiger partial charge < -0.3 is 19.0 Å². The van der Waals surface area contributed by atoms with Gasteiger partial charge in [-0.2, -0.15) is 0 Å². The maximum absolute atomic E-state index is 13.0. The van der Waals surface area contributed by atoms with Gasteiger partial charge >= 0.3 is 12.0 Å². The smallest absolute Gasteiger partial charge is 0.373 e. The van der Waals surface area contributed by atoms with Gasteiger partial charge in [0.1, 0.15) is 11.5 Å². The van der Waals surface area contributed by atoms with Crippen molar-refractivity contribution in [2.24, 2.45) is 0 Å². The summed E-state index contributed by atoms with van der Waals surface area (Å²) in [5.74, 6) is -0.885. The molecule has 10 heteroatoms. The summed E-state index contributed by atoms with van der Waals surface area (Å²) in [5, 5.41) is 4.64. The topological polar surface area (TPSA) is 93.8 Å². The number of halogens is 2. The number of para-hydroxylation sites is 1. The van der Waals surface area contributed by atoms with E-state index in [0.29, 0.717) is 16.6 Å². The number of hydrogen-bond donors (Lipinski definition) is 1. The molecule has 1 aliphatic rings. The number of carbonyl (C=O) groups excluding carboxylic acids is 3. The molecule has 0 aliphatic carbocycles. The number of nitrogens with zero attached hydrogens (tertiary/aromatic N) is 2. The molecule has 0 unspecified atom stereocenters. The van der Waals surface area contributed by atoms with Crippen molar-refractivity contribution < 1.29 is 23.5 Å². The molecule has 0 saturated carbocycles. The molecule has 0 bridgehead atoms. The highest BCUT2D eigenvalue weighted by molar-refractivity contribution is 6.35. The number of aromatic nitrogens is 1. The number of fused-ring (bicyclic) bond motifs is 1. The van der Waals surface area contributed by atoms with Gasteiger partial charge in [-0.3, -0.25) is 9.69 Å². The Balaban J connectivity index is 1.43. The van der Waals surface area contributed by atoms with E-state index < -0.39 is 17.9 Å². The lowest BCUT2D eigenvalue weighted by atomic mass is 10.1. The van der Waals surface area contributed by atoms with E-state index in [1.165, 1.54) is 19.2 Å². The molecule has 1 saturated heterocycles. The zero-order valence-corrected chi connectivity index (χ0v) is 20.5. The van der Waals surface area contributed by atoms with Gasteiger partial charge in [0.15, 0.2) is 0 Å². The van der Waals surface area contributed by atoms with E-state index in [2.05, 4.69) is 10.1 Å². The van der Waals surface area contributed by atoms with E-state index in [-0.39, 0.29) is 23.8 Å². The van der Waals surface area contributed by atoms with Crippen LogP contribution < -0.4 is 5.32 Å². The minimum Gasteiger partial charge on any atom is -0.463 e. The van der Waals surface area contributed by atoms with Gasteiger partial charge in [0, 0.05) is 39.3 Å². The zero-order chi connectivity index (χ0) is 25.4. The molecule has 0 spiro atoms. The standard InChI is InChI=1S/C26H19Cl2N3O5/c1-35-25(33)23-9-8-18(36-23)14-31-24(32)21(29-26(31)34)10-16-13-30(22-5-3-2-4-19(16)22)12-15-6-7-17(27)11-20(15)28/h2-11,13H,12,14H2,1H3,(H,29,34)/b21-10-. The lowest BCUT2D eigenvalue weighted by molar-refractivity contribution is -0.123. The third-order valence-electron chi connectivity index (χ3n) is 5.80. The number of imide groups is 1. The lowest BCUT2D eigenvalue weighted by Crippen LogP contribution is -2.30. The summed E-state index contributed by atoms with van der Waals surface area (Å²) >= 11 is 12.4. The van der Waals surface area contributed by atoms with Gasteiger partial charge in [-0.25, -0.2) is 9.59 Å². The quantitative estimate of drug-likeness (QED) is 0.205. The van der Waals surface area contributed by atoms with Crippen LogP contribution in [0.4, 0.5) is 4.79 Å². The van der Waals surface area contributed by atoms with Crippen molar-refractivity contribution >= 4 is 58.1 Å². The number of rotatable bonds is 6. The number of urea groups is 1. The molecule has 3 heterocycles. The first-order valence-electron chi connectivity index (χ1n) is 10.9. The van der Waals surface area contributed by atoms with E-state index >= 15 is 0 Å². The second-order valence-corrected chi connectivity index (χ2v) is 8.95. The van der Waals surface area contributed by atoms with E-state index in [1.54, 1.807) is 18.2 Å². The monoisotopic (exact) mass is 523 g/mol. The van der Waals surface area contributed by atoms with Crippen LogP contribution in [0.5, 0.6) is 0 Å². The molecule has 2 aromatic heterocycles. The van der Waals surface area contributed by atoms with Crippen LogP contribution in [0.3, 0.4) is 0 Å². The van der Waals surface area contributed by atoms with E-state index in [4.69, 9.17) is 27.6 Å². The molecule has 8 nitrogen and oxygen atoms in total. The fourth-order valence-corrected chi connectivity index (χ4v) is 4.52. The van der Waals surface area contributed by atoms with Gasteiger partial charge in [-0.05, 0) is 42.0 Å². The Hall–Kier alpha value is -4.01. The first-order chi connectivity index (χ1) is 17.3. The average molecular weight is 524 g/mol. The average Bonchev–Trinajstić information content (AvgIpc) is 3.54.